The van der Waals surface area contributed by atoms with E-state index in [1.165, 1.54) is 6.92 Å². The zero-order valence-electron chi connectivity index (χ0n) is 17.7. The molecule has 0 aromatic heterocycles. The van der Waals surface area contributed by atoms with E-state index in [4.69, 9.17) is 14.5 Å². The van der Waals surface area contributed by atoms with Gasteiger partial charge in [-0.1, -0.05) is 19.1 Å². The van der Waals surface area contributed by atoms with E-state index in [0.29, 0.717) is 17.9 Å². The van der Waals surface area contributed by atoms with Gasteiger partial charge in [0.25, 0.3) is 0 Å². The van der Waals surface area contributed by atoms with Crippen LogP contribution in [0.25, 0.3) is 0 Å². The van der Waals surface area contributed by atoms with Crippen molar-refractivity contribution in [2.75, 3.05) is 19.5 Å². The molecule has 0 fully saturated rings. The van der Waals surface area contributed by atoms with Gasteiger partial charge < -0.3 is 20.1 Å². The van der Waals surface area contributed by atoms with Crippen LogP contribution in [-0.4, -0.2) is 43.8 Å². The van der Waals surface area contributed by atoms with Gasteiger partial charge in [0.05, 0.1) is 26.0 Å². The third kappa shape index (κ3) is 4.79. The van der Waals surface area contributed by atoms with Crippen molar-refractivity contribution >= 4 is 23.2 Å². The van der Waals surface area contributed by atoms with Crippen LogP contribution in [0.5, 0.6) is 11.5 Å². The normalized spacial score (nSPS) is 18.3. The van der Waals surface area contributed by atoms with E-state index in [0.717, 1.165) is 28.9 Å². The predicted octanol–water partition coefficient (Wildman–Crippen LogP) is 2.97. The van der Waals surface area contributed by atoms with Crippen LogP contribution in [0.2, 0.25) is 0 Å². The smallest absolute Gasteiger partial charge is 0.245 e. The third-order valence-electron chi connectivity index (χ3n) is 5.04. The highest BCUT2D eigenvalue weighted by atomic mass is 16.5. The number of nitrogens with zero attached hydrogens (tertiary/aromatic N) is 1. The molecule has 7 heteroatoms. The minimum absolute atomic E-state index is 0.0861. The second-order valence-electron chi connectivity index (χ2n) is 7.15. The standard InChI is InChI=1S/C23H27N3O4/c1-5-18-22(16-8-11-20(29-3)21(13-16)30-4)25-19(23(28)26-18)12-15-6-9-17(10-7-15)24-14(2)27/h6-11,13,18-19H,5,12H2,1-4H3,(H,24,27)(H,26,28). The SMILES string of the molecule is CCC1NC(=O)C(Cc2ccc(NC(C)=O)cc2)N=C1c1ccc(OC)c(OC)c1. The highest BCUT2D eigenvalue weighted by molar-refractivity contribution is 6.09. The van der Waals surface area contributed by atoms with Gasteiger partial charge in [0.1, 0.15) is 6.04 Å². The summed E-state index contributed by atoms with van der Waals surface area (Å²) in [5.74, 6) is 1.06. The summed E-state index contributed by atoms with van der Waals surface area (Å²) in [4.78, 5) is 28.7. The van der Waals surface area contributed by atoms with E-state index in [-0.39, 0.29) is 17.9 Å². The lowest BCUT2D eigenvalue weighted by Gasteiger charge is -2.28. The fourth-order valence-corrected chi connectivity index (χ4v) is 3.51. The molecule has 1 aliphatic heterocycles. The molecular weight excluding hydrogens is 382 g/mol. The van der Waals surface area contributed by atoms with Crippen LogP contribution in [0.15, 0.2) is 47.5 Å². The summed E-state index contributed by atoms with van der Waals surface area (Å²) in [5.41, 5.74) is 3.41. The van der Waals surface area contributed by atoms with Crippen molar-refractivity contribution in [3.8, 4) is 11.5 Å². The monoisotopic (exact) mass is 409 g/mol. The van der Waals surface area contributed by atoms with Gasteiger partial charge in [0, 0.05) is 24.6 Å². The molecule has 3 rings (SSSR count). The number of methoxy groups -OCH3 is 2. The number of ether oxygens (including phenoxy) is 2. The quantitative estimate of drug-likeness (QED) is 0.736. The van der Waals surface area contributed by atoms with Crippen LogP contribution in [0, 0.1) is 0 Å². The molecule has 0 saturated carbocycles. The Kier molecular flexibility index (Phi) is 6.72. The van der Waals surface area contributed by atoms with Crippen LogP contribution >= 0.6 is 0 Å². The Labute approximate surface area is 176 Å². The van der Waals surface area contributed by atoms with Crippen LogP contribution < -0.4 is 20.1 Å². The minimum Gasteiger partial charge on any atom is -0.493 e. The van der Waals surface area contributed by atoms with Crippen molar-refractivity contribution in [1.29, 1.82) is 0 Å². The number of aliphatic imine (C=N–C) groups is 1. The van der Waals surface area contributed by atoms with Gasteiger partial charge in [-0.25, -0.2) is 0 Å². The molecule has 0 bridgehead atoms. The first kappa shape index (κ1) is 21.4. The number of carbonyl (C=O) groups excluding carboxylic acids is 2. The summed E-state index contributed by atoms with van der Waals surface area (Å²) in [6.07, 6.45) is 1.20. The predicted molar refractivity (Wildman–Crippen MR) is 117 cm³/mol. The number of carbonyl (C=O) groups is 2. The number of hydrogen-bond donors (Lipinski definition) is 2. The first-order valence-corrected chi connectivity index (χ1v) is 9.92. The van der Waals surface area contributed by atoms with Gasteiger partial charge in [-0.2, -0.15) is 0 Å². The van der Waals surface area contributed by atoms with Gasteiger partial charge >= 0.3 is 0 Å². The molecule has 0 saturated heterocycles. The fraction of sp³-hybridized carbons (Fsp3) is 0.348. The second-order valence-corrected chi connectivity index (χ2v) is 7.15. The van der Waals surface area contributed by atoms with E-state index in [1.54, 1.807) is 14.2 Å². The summed E-state index contributed by atoms with van der Waals surface area (Å²) in [6.45, 7) is 3.48. The summed E-state index contributed by atoms with van der Waals surface area (Å²) in [5, 5.41) is 5.83. The van der Waals surface area contributed by atoms with Crippen molar-refractivity contribution < 1.29 is 19.1 Å². The Morgan fingerprint density at radius 2 is 1.80 bits per heavy atom. The van der Waals surface area contributed by atoms with Crippen molar-refractivity contribution in [2.45, 2.75) is 38.8 Å². The lowest BCUT2D eigenvalue weighted by Crippen LogP contribution is -2.50. The molecule has 2 aromatic rings. The maximum Gasteiger partial charge on any atom is 0.245 e. The topological polar surface area (TPSA) is 89.0 Å². The fourth-order valence-electron chi connectivity index (χ4n) is 3.51. The molecule has 1 aliphatic rings. The lowest BCUT2D eigenvalue weighted by molar-refractivity contribution is -0.123. The van der Waals surface area contributed by atoms with E-state index in [2.05, 4.69) is 10.6 Å². The molecule has 7 nitrogen and oxygen atoms in total. The number of amides is 2. The molecule has 2 aromatic carbocycles. The summed E-state index contributed by atoms with van der Waals surface area (Å²) >= 11 is 0. The molecule has 1 heterocycles. The second kappa shape index (κ2) is 9.43. The number of benzene rings is 2. The third-order valence-corrected chi connectivity index (χ3v) is 5.04. The van der Waals surface area contributed by atoms with Crippen molar-refractivity contribution in [1.82, 2.24) is 5.32 Å². The molecular formula is C23H27N3O4. The van der Waals surface area contributed by atoms with Gasteiger partial charge in [-0.15, -0.1) is 0 Å². The largest absolute Gasteiger partial charge is 0.493 e. The molecule has 2 unspecified atom stereocenters. The zero-order valence-corrected chi connectivity index (χ0v) is 17.7. The van der Waals surface area contributed by atoms with Crippen LogP contribution in [0.3, 0.4) is 0 Å². The summed E-state index contributed by atoms with van der Waals surface area (Å²) in [6, 6.07) is 12.4. The lowest BCUT2D eigenvalue weighted by atomic mass is 9.95. The zero-order chi connectivity index (χ0) is 21.7. The van der Waals surface area contributed by atoms with Crippen molar-refractivity contribution in [2.24, 2.45) is 4.99 Å². The van der Waals surface area contributed by atoms with Crippen LogP contribution in [-0.2, 0) is 16.0 Å². The van der Waals surface area contributed by atoms with Gasteiger partial charge in [0.15, 0.2) is 11.5 Å². The Bertz CT molecular complexity index is 953. The molecule has 2 atom stereocenters. The van der Waals surface area contributed by atoms with Crippen LogP contribution in [0.1, 0.15) is 31.4 Å². The molecule has 2 N–H and O–H groups in total. The first-order chi connectivity index (χ1) is 14.4. The van der Waals surface area contributed by atoms with E-state index in [9.17, 15) is 9.59 Å². The molecule has 30 heavy (non-hydrogen) atoms. The van der Waals surface area contributed by atoms with Gasteiger partial charge in [-0.05, 0) is 42.3 Å². The Balaban J connectivity index is 1.88. The maximum atomic E-state index is 12.7. The number of rotatable bonds is 7. The number of anilines is 1. The van der Waals surface area contributed by atoms with Crippen molar-refractivity contribution in [3.05, 3.63) is 53.6 Å². The first-order valence-electron chi connectivity index (χ1n) is 9.92. The highest BCUT2D eigenvalue weighted by Gasteiger charge is 2.30. The summed E-state index contributed by atoms with van der Waals surface area (Å²) in [7, 11) is 3.19. The van der Waals surface area contributed by atoms with Crippen LogP contribution in [0.4, 0.5) is 5.69 Å². The molecule has 0 radical (unpaired) electrons. The van der Waals surface area contributed by atoms with E-state index >= 15 is 0 Å². The van der Waals surface area contributed by atoms with Gasteiger partial charge in [0.2, 0.25) is 11.8 Å². The Morgan fingerprint density at radius 1 is 1.10 bits per heavy atom. The molecule has 158 valence electrons. The summed E-state index contributed by atoms with van der Waals surface area (Å²) < 4.78 is 10.7. The van der Waals surface area contributed by atoms with Gasteiger partial charge in [-0.3, -0.25) is 14.6 Å². The Morgan fingerprint density at radius 3 is 2.40 bits per heavy atom. The molecule has 0 spiro atoms. The average Bonchev–Trinajstić information content (AvgIpc) is 2.75. The van der Waals surface area contributed by atoms with Crippen molar-refractivity contribution in [3.63, 3.8) is 0 Å². The van der Waals surface area contributed by atoms with E-state index in [1.807, 2.05) is 49.4 Å². The molecule has 2 amide bonds. The minimum atomic E-state index is -0.525. The maximum absolute atomic E-state index is 12.7. The Hall–Kier alpha value is -3.35. The van der Waals surface area contributed by atoms with E-state index < -0.39 is 6.04 Å². The number of hydrogen-bond acceptors (Lipinski definition) is 5. The molecule has 0 aliphatic carbocycles. The number of nitrogens with one attached hydrogen (secondary N) is 2. The average molecular weight is 409 g/mol. The highest BCUT2D eigenvalue weighted by Crippen LogP contribution is 2.29.